The van der Waals surface area contributed by atoms with Gasteiger partial charge in [-0.15, -0.1) is 31.9 Å². The molecule has 0 aromatic heterocycles. The van der Waals surface area contributed by atoms with Crippen molar-refractivity contribution in [2.45, 2.75) is 48.0 Å². The minimum absolute atomic E-state index is 0.0185. The van der Waals surface area contributed by atoms with Crippen molar-refractivity contribution in [3.8, 4) is 36.5 Å². The summed E-state index contributed by atoms with van der Waals surface area (Å²) in [6, 6.07) is 0. The van der Waals surface area contributed by atoms with E-state index < -0.39 is 0 Å². The van der Waals surface area contributed by atoms with Gasteiger partial charge in [0.15, 0.2) is 11.6 Å². The molecule has 0 aromatic carbocycles. The highest BCUT2D eigenvalue weighted by molar-refractivity contribution is 5.91. The van der Waals surface area contributed by atoms with Crippen molar-refractivity contribution >= 4 is 17.5 Å². The Morgan fingerprint density at radius 3 is 1.38 bits per heavy atom. The van der Waals surface area contributed by atoms with Crippen LogP contribution in [0.2, 0.25) is 0 Å². The third-order valence-electron chi connectivity index (χ3n) is 1.62. The SMILES string of the molecule is C#CC.C#CC#CC.C=C(C)C(C)=O.C=CC.C=CC(C)=O.C=CCC(=O)OC. The molecule has 0 unspecified atom stereocenters. The van der Waals surface area contributed by atoms with Crippen LogP contribution in [-0.2, 0) is 19.1 Å². The smallest absolute Gasteiger partial charge is 0.309 e. The lowest BCUT2D eigenvalue weighted by Crippen LogP contribution is -1.95. The first-order valence-corrected chi connectivity index (χ1v) is 8.26. The van der Waals surface area contributed by atoms with E-state index in [1.165, 1.54) is 33.1 Å². The molecule has 0 atom stereocenters. The normalized spacial score (nSPS) is 5.83. The Hall–Kier alpha value is -3.55. The molecule has 160 valence electrons. The van der Waals surface area contributed by atoms with E-state index in [4.69, 9.17) is 6.42 Å². The van der Waals surface area contributed by atoms with Crippen LogP contribution in [-0.4, -0.2) is 24.6 Å². The number of methoxy groups -OCH3 is 1. The fourth-order valence-electron chi connectivity index (χ4n) is 0.273. The van der Waals surface area contributed by atoms with E-state index in [1.807, 2.05) is 6.92 Å². The summed E-state index contributed by atoms with van der Waals surface area (Å²) in [7, 11) is 1.35. The predicted molar refractivity (Wildman–Crippen MR) is 126 cm³/mol. The van der Waals surface area contributed by atoms with Crippen LogP contribution >= 0.6 is 0 Å². The highest BCUT2D eigenvalue weighted by Crippen LogP contribution is 1.84. The number of rotatable bonds is 4. The Labute approximate surface area is 178 Å². The molecular weight excluding hydrogens is 364 g/mol. The summed E-state index contributed by atoms with van der Waals surface area (Å²) < 4.78 is 4.28. The number of carbonyl (C=O) groups excluding carboxylic acids is 3. The van der Waals surface area contributed by atoms with Crippen LogP contribution in [0.1, 0.15) is 48.0 Å². The van der Waals surface area contributed by atoms with Gasteiger partial charge >= 0.3 is 5.97 Å². The van der Waals surface area contributed by atoms with E-state index >= 15 is 0 Å². The first-order chi connectivity index (χ1) is 13.5. The maximum absolute atomic E-state index is 10.1. The van der Waals surface area contributed by atoms with Crippen molar-refractivity contribution in [2.24, 2.45) is 0 Å². The minimum atomic E-state index is -0.241. The van der Waals surface area contributed by atoms with Gasteiger partial charge in [-0.25, -0.2) is 0 Å². The molecule has 0 amide bonds. The molecule has 0 spiro atoms. The molecule has 0 aliphatic heterocycles. The molecular formula is C25H36O4. The number of ether oxygens (including phenoxy) is 1. The van der Waals surface area contributed by atoms with Crippen molar-refractivity contribution in [1.82, 2.24) is 0 Å². The Kier molecular flexibility index (Phi) is 61.2. The fourth-order valence-corrected chi connectivity index (χ4v) is 0.273. The number of hydrogen-bond acceptors (Lipinski definition) is 4. The second kappa shape index (κ2) is 44.2. The quantitative estimate of drug-likeness (QED) is 0.284. The number of ketones is 2. The van der Waals surface area contributed by atoms with E-state index in [-0.39, 0.29) is 17.5 Å². The highest BCUT2D eigenvalue weighted by Gasteiger charge is 1.90. The second-order valence-corrected chi connectivity index (χ2v) is 4.44. The number of carbonyl (C=O) groups is 3. The van der Waals surface area contributed by atoms with Gasteiger partial charge in [-0.1, -0.05) is 31.2 Å². The van der Waals surface area contributed by atoms with E-state index in [9.17, 15) is 14.4 Å². The maximum Gasteiger partial charge on any atom is 0.309 e. The van der Waals surface area contributed by atoms with E-state index in [0.29, 0.717) is 12.0 Å². The van der Waals surface area contributed by atoms with E-state index in [0.717, 1.165) is 0 Å². The lowest BCUT2D eigenvalue weighted by atomic mass is 10.3. The third-order valence-corrected chi connectivity index (χ3v) is 1.62. The predicted octanol–water partition coefficient (Wildman–Crippen LogP) is 5.12. The van der Waals surface area contributed by atoms with E-state index in [2.05, 4.69) is 61.2 Å². The molecule has 0 aromatic rings. The summed E-state index contributed by atoms with van der Waals surface area (Å²) >= 11 is 0. The van der Waals surface area contributed by atoms with Gasteiger partial charge in [-0.3, -0.25) is 14.4 Å². The molecule has 4 heteroatoms. The van der Waals surface area contributed by atoms with Gasteiger partial charge in [-0.05, 0) is 65.0 Å². The number of terminal acetylenes is 2. The van der Waals surface area contributed by atoms with Crippen LogP contribution in [0.5, 0.6) is 0 Å². The maximum atomic E-state index is 10.1. The monoisotopic (exact) mass is 400 g/mol. The molecule has 0 rings (SSSR count). The average molecular weight is 401 g/mol. The second-order valence-electron chi connectivity index (χ2n) is 4.44. The van der Waals surface area contributed by atoms with Crippen LogP contribution < -0.4 is 0 Å². The zero-order valence-corrected chi connectivity index (χ0v) is 19.1. The number of hydrogen-bond donors (Lipinski definition) is 0. The molecule has 0 bridgehead atoms. The molecule has 0 fully saturated rings. The van der Waals surface area contributed by atoms with Crippen molar-refractivity contribution < 1.29 is 19.1 Å². The summed E-state index contributed by atoms with van der Waals surface area (Å²) in [4.78, 5) is 29.9. The standard InChI is InChI=1S/C5H8O2.C5H8O.C5H4.C4H6O.C3H6.C3H4/c1-3-4-5(6)7-2;1-4(2)5(3)6;1-3-5-4-2;1-3-4(2)5;2*1-3-2/h3H,1,4H2,2H3;1H2,2-3H3;1H,2H3;3H,1H2,2H3;3H,1H2,2H3;1H,2H3. The van der Waals surface area contributed by atoms with Crippen molar-refractivity contribution in [3.63, 3.8) is 0 Å². The van der Waals surface area contributed by atoms with Gasteiger partial charge < -0.3 is 4.74 Å². The summed E-state index contributed by atoms with van der Waals surface area (Å²) in [6.45, 7) is 23.2. The molecule has 0 radical (unpaired) electrons. The lowest BCUT2D eigenvalue weighted by Gasteiger charge is -1.88. The molecule has 29 heavy (non-hydrogen) atoms. The van der Waals surface area contributed by atoms with Gasteiger partial charge in [-0.2, -0.15) is 0 Å². The van der Waals surface area contributed by atoms with Crippen molar-refractivity contribution in [1.29, 1.82) is 0 Å². The Morgan fingerprint density at radius 2 is 1.34 bits per heavy atom. The first kappa shape index (κ1) is 40.2. The van der Waals surface area contributed by atoms with Crippen LogP contribution in [0.15, 0.2) is 50.1 Å². The highest BCUT2D eigenvalue weighted by atomic mass is 16.5. The Morgan fingerprint density at radius 1 is 1.03 bits per heavy atom. The first-order valence-electron chi connectivity index (χ1n) is 8.26. The van der Waals surface area contributed by atoms with Crippen molar-refractivity contribution in [3.05, 3.63) is 50.1 Å². The minimum Gasteiger partial charge on any atom is -0.469 e. The van der Waals surface area contributed by atoms with Gasteiger partial charge in [0, 0.05) is 0 Å². The summed E-state index contributed by atoms with van der Waals surface area (Å²) in [5.41, 5.74) is 0.620. The number of esters is 1. The molecule has 0 saturated carbocycles. The largest absolute Gasteiger partial charge is 0.469 e. The van der Waals surface area contributed by atoms with Crippen LogP contribution in [0, 0.1) is 36.5 Å². The molecule has 0 aliphatic rings. The van der Waals surface area contributed by atoms with E-state index in [1.54, 1.807) is 26.8 Å². The van der Waals surface area contributed by atoms with Gasteiger partial charge in [0.05, 0.1) is 13.5 Å². The summed E-state index contributed by atoms with van der Waals surface area (Å²) in [6.07, 6.45) is 14.1. The Balaban J connectivity index is -0.0000000562. The molecule has 4 nitrogen and oxygen atoms in total. The molecule has 0 saturated heterocycles. The summed E-state index contributed by atoms with van der Waals surface area (Å²) in [5, 5.41) is 0. The third kappa shape index (κ3) is 138. The summed E-state index contributed by atoms with van der Waals surface area (Å²) in [5.74, 6) is 9.17. The van der Waals surface area contributed by atoms with Crippen molar-refractivity contribution in [2.75, 3.05) is 7.11 Å². The lowest BCUT2D eigenvalue weighted by molar-refractivity contribution is -0.139. The number of Topliss-reactive ketones (excluding diaryl/α,β-unsaturated/α-hetero) is 1. The van der Waals surface area contributed by atoms with Crippen LogP contribution in [0.4, 0.5) is 0 Å². The average Bonchev–Trinajstić information content (AvgIpc) is 2.65. The van der Waals surface area contributed by atoms with Crippen LogP contribution in [0.25, 0.3) is 0 Å². The topological polar surface area (TPSA) is 60.4 Å². The zero-order chi connectivity index (χ0) is 24.7. The Bertz CT molecular complexity index is 600. The molecule has 0 aliphatic carbocycles. The van der Waals surface area contributed by atoms with Gasteiger partial charge in [0.2, 0.25) is 0 Å². The molecule has 0 heterocycles. The molecule has 0 N–H and O–H groups in total. The zero-order valence-electron chi connectivity index (χ0n) is 19.1. The number of allylic oxidation sites excluding steroid dienone is 3. The van der Waals surface area contributed by atoms with Crippen LogP contribution in [0.3, 0.4) is 0 Å². The fraction of sp³-hybridized carbons (Fsp3) is 0.320. The van der Waals surface area contributed by atoms with Gasteiger partial charge in [0.1, 0.15) is 0 Å². The van der Waals surface area contributed by atoms with Gasteiger partial charge in [0.25, 0.3) is 0 Å².